The lowest BCUT2D eigenvalue weighted by Gasteiger charge is -2.25. The van der Waals surface area contributed by atoms with Gasteiger partial charge in [-0.2, -0.15) is 0 Å². The van der Waals surface area contributed by atoms with Crippen molar-refractivity contribution in [2.24, 2.45) is 5.73 Å². The molecule has 1 heterocycles. The molecule has 1 rings (SSSR count). The van der Waals surface area contributed by atoms with Crippen molar-refractivity contribution in [1.29, 1.82) is 0 Å². The van der Waals surface area contributed by atoms with Crippen LogP contribution in [0.2, 0.25) is 0 Å². The first kappa shape index (κ1) is 9.15. The molecule has 0 saturated carbocycles. The molecule has 0 aromatic rings. The second-order valence-corrected chi connectivity index (χ2v) is 2.81. The topological polar surface area (TPSA) is 75.4 Å². The Labute approximate surface area is 70.9 Å². The van der Waals surface area contributed by atoms with Crippen LogP contribution >= 0.6 is 0 Å². The molecular formula is C7H13N3O2. The lowest BCUT2D eigenvalue weighted by molar-refractivity contribution is -0.136. The van der Waals surface area contributed by atoms with Gasteiger partial charge in [-0.25, -0.2) is 0 Å². The Bertz CT molecular complexity index is 187. The van der Waals surface area contributed by atoms with Gasteiger partial charge < -0.3 is 11.1 Å². The largest absolute Gasteiger partial charge is 0.363 e. The van der Waals surface area contributed by atoms with Gasteiger partial charge in [-0.3, -0.25) is 14.5 Å². The summed E-state index contributed by atoms with van der Waals surface area (Å²) in [5.74, 6) is -1.34. The van der Waals surface area contributed by atoms with Crippen molar-refractivity contribution in [3.05, 3.63) is 0 Å². The zero-order valence-electron chi connectivity index (χ0n) is 6.88. The van der Waals surface area contributed by atoms with Gasteiger partial charge in [0.2, 0.25) is 5.78 Å². The summed E-state index contributed by atoms with van der Waals surface area (Å²) in [7, 11) is 0. The normalized spacial score (nSPS) is 19.0. The number of nitrogens with one attached hydrogen (secondary N) is 1. The van der Waals surface area contributed by atoms with Crippen LogP contribution < -0.4 is 11.1 Å². The van der Waals surface area contributed by atoms with E-state index >= 15 is 0 Å². The highest BCUT2D eigenvalue weighted by Crippen LogP contribution is 1.91. The molecule has 0 aromatic carbocycles. The molecule has 12 heavy (non-hydrogen) atoms. The van der Waals surface area contributed by atoms with Crippen molar-refractivity contribution in [3.63, 3.8) is 0 Å². The van der Waals surface area contributed by atoms with E-state index in [1.807, 2.05) is 4.90 Å². The monoisotopic (exact) mass is 171 g/mol. The third kappa shape index (κ3) is 2.60. The number of rotatable bonds is 3. The smallest absolute Gasteiger partial charge is 0.286 e. The minimum absolute atomic E-state index is 0.164. The predicted octanol–water partition coefficient (Wildman–Crippen LogP) is -2.05. The molecule has 5 nitrogen and oxygen atoms in total. The maximum absolute atomic E-state index is 10.9. The van der Waals surface area contributed by atoms with Crippen LogP contribution in [0.15, 0.2) is 0 Å². The van der Waals surface area contributed by atoms with Crippen LogP contribution in [0.4, 0.5) is 0 Å². The Hall–Kier alpha value is -0.940. The van der Waals surface area contributed by atoms with Gasteiger partial charge in [0.25, 0.3) is 5.91 Å². The van der Waals surface area contributed by atoms with Crippen molar-refractivity contribution >= 4 is 11.7 Å². The van der Waals surface area contributed by atoms with E-state index in [9.17, 15) is 9.59 Å². The van der Waals surface area contributed by atoms with Gasteiger partial charge in [0.05, 0.1) is 6.54 Å². The summed E-state index contributed by atoms with van der Waals surface area (Å²) >= 11 is 0. The second kappa shape index (κ2) is 4.18. The summed E-state index contributed by atoms with van der Waals surface area (Å²) in [5.41, 5.74) is 4.82. The average Bonchev–Trinajstić information content (AvgIpc) is 2.06. The first-order chi connectivity index (χ1) is 5.70. The molecule has 1 saturated heterocycles. The Morgan fingerprint density at radius 1 is 1.33 bits per heavy atom. The fraction of sp³-hybridized carbons (Fsp3) is 0.714. The highest BCUT2D eigenvalue weighted by atomic mass is 16.2. The molecule has 3 N–H and O–H groups in total. The van der Waals surface area contributed by atoms with Crippen molar-refractivity contribution in [3.8, 4) is 0 Å². The summed E-state index contributed by atoms with van der Waals surface area (Å²) in [6, 6.07) is 0. The van der Waals surface area contributed by atoms with Gasteiger partial charge in [0, 0.05) is 26.2 Å². The van der Waals surface area contributed by atoms with Crippen LogP contribution in [0.5, 0.6) is 0 Å². The summed E-state index contributed by atoms with van der Waals surface area (Å²) in [6.07, 6.45) is 0. The number of primary amides is 1. The third-order valence-corrected chi connectivity index (χ3v) is 1.85. The SMILES string of the molecule is NC(=O)C(=O)CN1CCNCC1. The van der Waals surface area contributed by atoms with Crippen LogP contribution in [0.1, 0.15) is 0 Å². The van der Waals surface area contributed by atoms with Crippen LogP contribution in [0.25, 0.3) is 0 Å². The number of carbonyl (C=O) groups is 2. The Balaban J connectivity index is 2.29. The molecule has 0 aliphatic carbocycles. The van der Waals surface area contributed by atoms with Gasteiger partial charge in [0.1, 0.15) is 0 Å². The number of carbonyl (C=O) groups excluding carboxylic acids is 2. The van der Waals surface area contributed by atoms with Gasteiger partial charge in [0.15, 0.2) is 0 Å². The number of ketones is 1. The van der Waals surface area contributed by atoms with Crippen molar-refractivity contribution in [2.45, 2.75) is 0 Å². The van der Waals surface area contributed by atoms with E-state index in [4.69, 9.17) is 5.73 Å². The molecule has 0 bridgehead atoms. The Kier molecular flexibility index (Phi) is 3.19. The maximum atomic E-state index is 10.9. The third-order valence-electron chi connectivity index (χ3n) is 1.85. The summed E-state index contributed by atoms with van der Waals surface area (Å²) in [5, 5.41) is 3.15. The molecule has 68 valence electrons. The zero-order chi connectivity index (χ0) is 8.97. The van der Waals surface area contributed by atoms with E-state index in [0.29, 0.717) is 0 Å². The molecule has 5 heteroatoms. The van der Waals surface area contributed by atoms with Crippen LogP contribution in [-0.2, 0) is 9.59 Å². The maximum Gasteiger partial charge on any atom is 0.286 e. The highest BCUT2D eigenvalue weighted by Gasteiger charge is 2.16. The standard InChI is InChI=1S/C7H13N3O2/c8-7(12)6(11)5-10-3-1-9-2-4-10/h9H,1-5H2,(H2,8,12). The van der Waals surface area contributed by atoms with Crippen molar-refractivity contribution < 1.29 is 9.59 Å². The minimum atomic E-state index is -0.839. The molecule has 0 spiro atoms. The fourth-order valence-electron chi connectivity index (χ4n) is 1.15. The number of nitrogens with zero attached hydrogens (tertiary/aromatic N) is 1. The fourth-order valence-corrected chi connectivity index (χ4v) is 1.15. The molecule has 0 aromatic heterocycles. The molecule has 0 unspecified atom stereocenters. The van der Waals surface area contributed by atoms with E-state index in [1.54, 1.807) is 0 Å². The van der Waals surface area contributed by atoms with E-state index in [-0.39, 0.29) is 6.54 Å². The molecule has 0 radical (unpaired) electrons. The molecule has 1 aliphatic rings. The van der Waals surface area contributed by atoms with Gasteiger partial charge in [-0.15, -0.1) is 0 Å². The van der Waals surface area contributed by atoms with Gasteiger partial charge >= 0.3 is 0 Å². The first-order valence-corrected chi connectivity index (χ1v) is 3.96. The number of Topliss-reactive ketones (excluding diaryl/α,β-unsaturated/α-hetero) is 1. The minimum Gasteiger partial charge on any atom is -0.363 e. The summed E-state index contributed by atoms with van der Waals surface area (Å²) in [4.78, 5) is 23.2. The van der Waals surface area contributed by atoms with E-state index in [2.05, 4.69) is 5.32 Å². The number of piperazine rings is 1. The molecule has 0 atom stereocenters. The van der Waals surface area contributed by atoms with Crippen LogP contribution in [0, 0.1) is 0 Å². The molecule has 1 fully saturated rings. The first-order valence-electron chi connectivity index (χ1n) is 3.96. The van der Waals surface area contributed by atoms with E-state index in [0.717, 1.165) is 26.2 Å². The van der Waals surface area contributed by atoms with Crippen LogP contribution in [-0.4, -0.2) is 49.3 Å². The molecular weight excluding hydrogens is 158 g/mol. The Morgan fingerprint density at radius 3 is 2.42 bits per heavy atom. The number of amides is 1. The summed E-state index contributed by atoms with van der Waals surface area (Å²) < 4.78 is 0. The Morgan fingerprint density at radius 2 is 1.92 bits per heavy atom. The lowest BCUT2D eigenvalue weighted by Crippen LogP contribution is -2.47. The van der Waals surface area contributed by atoms with Crippen molar-refractivity contribution in [1.82, 2.24) is 10.2 Å². The van der Waals surface area contributed by atoms with Gasteiger partial charge in [-0.05, 0) is 0 Å². The molecule has 1 amide bonds. The highest BCUT2D eigenvalue weighted by molar-refractivity contribution is 6.36. The van der Waals surface area contributed by atoms with E-state index in [1.165, 1.54) is 0 Å². The van der Waals surface area contributed by atoms with Crippen LogP contribution in [0.3, 0.4) is 0 Å². The number of hydrogen-bond acceptors (Lipinski definition) is 4. The predicted molar refractivity (Wildman–Crippen MR) is 43.5 cm³/mol. The number of nitrogens with two attached hydrogens (primary N) is 1. The zero-order valence-corrected chi connectivity index (χ0v) is 6.88. The summed E-state index contributed by atoms with van der Waals surface area (Å²) in [6.45, 7) is 3.51. The second-order valence-electron chi connectivity index (χ2n) is 2.81. The van der Waals surface area contributed by atoms with Gasteiger partial charge in [-0.1, -0.05) is 0 Å². The van der Waals surface area contributed by atoms with Crippen molar-refractivity contribution in [2.75, 3.05) is 32.7 Å². The molecule has 1 aliphatic heterocycles. The van der Waals surface area contributed by atoms with E-state index < -0.39 is 11.7 Å². The quantitative estimate of drug-likeness (QED) is 0.479. The average molecular weight is 171 g/mol. The lowest BCUT2D eigenvalue weighted by atomic mass is 10.3. The number of hydrogen-bond donors (Lipinski definition) is 2.